The first-order valence-corrected chi connectivity index (χ1v) is 5.24. The summed E-state index contributed by atoms with van der Waals surface area (Å²) in [5.74, 6) is 0. The molecule has 1 unspecified atom stereocenters. The number of nitrogens with one attached hydrogen (secondary N) is 1. The molecule has 0 aromatic heterocycles. The molecule has 1 atom stereocenters. The van der Waals surface area contributed by atoms with Crippen LogP contribution in [-0.4, -0.2) is 12.6 Å². The Labute approximate surface area is 86.5 Å². The molecule has 2 heteroatoms. The topological polar surface area (TPSA) is 38.0 Å². The highest BCUT2D eigenvalue weighted by atomic mass is 14.9. The van der Waals surface area contributed by atoms with E-state index in [0.29, 0.717) is 6.04 Å². The molecular weight excluding hydrogens is 172 g/mol. The van der Waals surface area contributed by atoms with Crippen LogP contribution >= 0.6 is 0 Å². The predicted molar refractivity (Wildman–Crippen MR) is 61.1 cm³/mol. The molecule has 0 bridgehead atoms. The Morgan fingerprint density at radius 2 is 1.86 bits per heavy atom. The maximum Gasteiger partial charge on any atom is 0.0306 e. The largest absolute Gasteiger partial charge is 0.324 e. The normalized spacial score (nSPS) is 13.1. The quantitative estimate of drug-likeness (QED) is 0.749. The molecule has 3 N–H and O–H groups in total. The van der Waals surface area contributed by atoms with Crippen molar-refractivity contribution in [3.63, 3.8) is 0 Å². The summed E-state index contributed by atoms with van der Waals surface area (Å²) >= 11 is 0. The Morgan fingerprint density at radius 3 is 2.43 bits per heavy atom. The second kappa shape index (κ2) is 5.78. The van der Waals surface area contributed by atoms with E-state index in [1.165, 1.54) is 5.56 Å². The van der Waals surface area contributed by atoms with Crippen molar-refractivity contribution in [2.45, 2.75) is 32.4 Å². The molecule has 1 aromatic rings. The van der Waals surface area contributed by atoms with Crippen LogP contribution in [0.25, 0.3) is 0 Å². The summed E-state index contributed by atoms with van der Waals surface area (Å²) < 4.78 is 0. The van der Waals surface area contributed by atoms with Crippen molar-refractivity contribution in [3.8, 4) is 0 Å². The van der Waals surface area contributed by atoms with Crippen LogP contribution in [0.2, 0.25) is 0 Å². The maximum absolute atomic E-state index is 6.04. The van der Waals surface area contributed by atoms with Crippen molar-refractivity contribution in [2.24, 2.45) is 5.73 Å². The first-order valence-electron chi connectivity index (χ1n) is 5.24. The first kappa shape index (κ1) is 11.2. The van der Waals surface area contributed by atoms with Gasteiger partial charge in [0.05, 0.1) is 0 Å². The zero-order valence-electron chi connectivity index (χ0n) is 9.03. The predicted octanol–water partition coefficient (Wildman–Crippen LogP) is 2.07. The van der Waals surface area contributed by atoms with Crippen LogP contribution in [0.4, 0.5) is 0 Å². The molecule has 1 rings (SSSR count). The van der Waals surface area contributed by atoms with E-state index in [2.05, 4.69) is 31.3 Å². The number of hydrogen-bond acceptors (Lipinski definition) is 2. The van der Waals surface area contributed by atoms with Crippen LogP contribution in [0.5, 0.6) is 0 Å². The zero-order valence-corrected chi connectivity index (χ0v) is 9.03. The van der Waals surface area contributed by atoms with Crippen molar-refractivity contribution >= 4 is 0 Å². The maximum atomic E-state index is 6.04. The molecule has 0 heterocycles. The lowest BCUT2D eigenvalue weighted by Gasteiger charge is -2.13. The zero-order chi connectivity index (χ0) is 10.4. The van der Waals surface area contributed by atoms with E-state index in [1.54, 1.807) is 0 Å². The second-order valence-electron chi connectivity index (χ2n) is 3.91. The van der Waals surface area contributed by atoms with Gasteiger partial charge in [-0.25, -0.2) is 0 Å². The first-order chi connectivity index (χ1) is 6.70. The van der Waals surface area contributed by atoms with Crippen LogP contribution in [0.1, 0.15) is 31.9 Å². The smallest absolute Gasteiger partial charge is 0.0306 e. The van der Waals surface area contributed by atoms with Gasteiger partial charge in [-0.15, -0.1) is 0 Å². The Hall–Kier alpha value is -0.860. The molecule has 1 aromatic carbocycles. The van der Waals surface area contributed by atoms with Gasteiger partial charge >= 0.3 is 0 Å². The van der Waals surface area contributed by atoms with E-state index in [0.717, 1.165) is 13.0 Å². The fourth-order valence-electron chi connectivity index (χ4n) is 1.39. The van der Waals surface area contributed by atoms with E-state index in [9.17, 15) is 0 Å². The number of hydrogen-bond donors (Lipinski definition) is 2. The SMILES string of the molecule is CC(C)NCCC(N)c1ccccc1. The van der Waals surface area contributed by atoms with Crippen molar-refractivity contribution in [1.82, 2.24) is 5.32 Å². The van der Waals surface area contributed by atoms with E-state index < -0.39 is 0 Å². The van der Waals surface area contributed by atoms with Gasteiger partial charge in [-0.2, -0.15) is 0 Å². The van der Waals surface area contributed by atoms with Gasteiger partial charge in [0.1, 0.15) is 0 Å². The molecule has 14 heavy (non-hydrogen) atoms. The fraction of sp³-hybridized carbons (Fsp3) is 0.500. The van der Waals surface area contributed by atoms with Gasteiger partial charge < -0.3 is 11.1 Å². The highest BCUT2D eigenvalue weighted by molar-refractivity contribution is 5.18. The average Bonchev–Trinajstić information content (AvgIpc) is 2.18. The van der Waals surface area contributed by atoms with Crippen LogP contribution in [0, 0.1) is 0 Å². The lowest BCUT2D eigenvalue weighted by Crippen LogP contribution is -2.26. The van der Waals surface area contributed by atoms with Gasteiger partial charge in [0.25, 0.3) is 0 Å². The summed E-state index contributed by atoms with van der Waals surface area (Å²) in [5.41, 5.74) is 7.26. The monoisotopic (exact) mass is 192 g/mol. The molecule has 2 nitrogen and oxygen atoms in total. The van der Waals surface area contributed by atoms with Crippen LogP contribution < -0.4 is 11.1 Å². The molecule has 0 saturated carbocycles. The van der Waals surface area contributed by atoms with Gasteiger partial charge in [-0.05, 0) is 18.5 Å². The number of nitrogens with two attached hydrogens (primary N) is 1. The average molecular weight is 192 g/mol. The van der Waals surface area contributed by atoms with E-state index in [4.69, 9.17) is 5.73 Å². The summed E-state index contributed by atoms with van der Waals surface area (Å²) in [4.78, 5) is 0. The molecule has 0 fully saturated rings. The highest BCUT2D eigenvalue weighted by Crippen LogP contribution is 2.12. The van der Waals surface area contributed by atoms with Crippen molar-refractivity contribution in [2.75, 3.05) is 6.54 Å². The number of rotatable bonds is 5. The minimum atomic E-state index is 0.155. The molecular formula is C12H20N2. The van der Waals surface area contributed by atoms with Crippen LogP contribution in [0.15, 0.2) is 30.3 Å². The van der Waals surface area contributed by atoms with Gasteiger partial charge in [0.2, 0.25) is 0 Å². The Morgan fingerprint density at radius 1 is 1.21 bits per heavy atom. The lowest BCUT2D eigenvalue weighted by atomic mass is 10.1. The van der Waals surface area contributed by atoms with Crippen molar-refractivity contribution in [3.05, 3.63) is 35.9 Å². The summed E-state index contributed by atoms with van der Waals surface area (Å²) in [6.07, 6.45) is 0.988. The standard InChI is InChI=1S/C12H20N2/c1-10(2)14-9-8-12(13)11-6-4-3-5-7-11/h3-7,10,12,14H,8-9,13H2,1-2H3. The molecule has 0 aliphatic heterocycles. The minimum absolute atomic E-state index is 0.155. The van der Waals surface area contributed by atoms with Crippen LogP contribution in [0.3, 0.4) is 0 Å². The lowest BCUT2D eigenvalue weighted by molar-refractivity contribution is 0.533. The molecule has 0 aliphatic carbocycles. The van der Waals surface area contributed by atoms with Crippen molar-refractivity contribution in [1.29, 1.82) is 0 Å². The van der Waals surface area contributed by atoms with Gasteiger partial charge in [-0.1, -0.05) is 44.2 Å². The molecule has 0 spiro atoms. The van der Waals surface area contributed by atoms with E-state index >= 15 is 0 Å². The third-order valence-corrected chi connectivity index (χ3v) is 2.24. The van der Waals surface area contributed by atoms with Gasteiger partial charge in [0.15, 0.2) is 0 Å². The molecule has 0 radical (unpaired) electrons. The number of benzene rings is 1. The highest BCUT2D eigenvalue weighted by Gasteiger charge is 2.04. The Balaban J connectivity index is 2.32. The second-order valence-corrected chi connectivity index (χ2v) is 3.91. The third kappa shape index (κ3) is 3.90. The van der Waals surface area contributed by atoms with Gasteiger partial charge in [0, 0.05) is 12.1 Å². The van der Waals surface area contributed by atoms with E-state index in [1.807, 2.05) is 18.2 Å². The Kier molecular flexibility index (Phi) is 4.63. The molecule has 0 aliphatic rings. The fourth-order valence-corrected chi connectivity index (χ4v) is 1.39. The summed E-state index contributed by atoms with van der Waals surface area (Å²) in [6, 6.07) is 10.9. The minimum Gasteiger partial charge on any atom is -0.324 e. The molecule has 0 amide bonds. The molecule has 78 valence electrons. The summed E-state index contributed by atoms with van der Waals surface area (Å²) in [5, 5.41) is 3.37. The third-order valence-electron chi connectivity index (χ3n) is 2.24. The van der Waals surface area contributed by atoms with Gasteiger partial charge in [-0.3, -0.25) is 0 Å². The van der Waals surface area contributed by atoms with E-state index in [-0.39, 0.29) is 6.04 Å². The van der Waals surface area contributed by atoms with Crippen molar-refractivity contribution < 1.29 is 0 Å². The molecule has 0 saturated heterocycles. The summed E-state index contributed by atoms with van der Waals surface area (Å²) in [6.45, 7) is 5.27. The summed E-state index contributed by atoms with van der Waals surface area (Å²) in [7, 11) is 0. The van der Waals surface area contributed by atoms with Crippen LogP contribution in [-0.2, 0) is 0 Å². The Bertz CT molecular complexity index is 244.